The number of carbonyl (C=O) groups is 1. The molecule has 0 fully saturated rings. The molecule has 22 heavy (non-hydrogen) atoms. The van der Waals surface area contributed by atoms with Crippen molar-refractivity contribution in [1.29, 1.82) is 0 Å². The van der Waals surface area contributed by atoms with Gasteiger partial charge in [0.2, 0.25) is 5.91 Å². The third kappa shape index (κ3) is 4.17. The first-order valence-corrected chi connectivity index (χ1v) is 7.51. The van der Waals surface area contributed by atoms with E-state index in [2.05, 4.69) is 5.32 Å². The summed E-state index contributed by atoms with van der Waals surface area (Å²) in [5.74, 6) is -1.69. The largest absolute Gasteiger partial charge is 0.618 e. The van der Waals surface area contributed by atoms with Crippen molar-refractivity contribution in [2.45, 2.75) is 18.0 Å². The van der Waals surface area contributed by atoms with E-state index >= 15 is 0 Å². The first-order chi connectivity index (χ1) is 10.5. The minimum atomic E-state index is -0.707. The maximum absolute atomic E-state index is 13.6. The highest BCUT2D eigenvalue weighted by atomic mass is 32.2. The number of aromatic nitrogens is 1. The molecule has 0 unspecified atom stereocenters. The predicted molar refractivity (Wildman–Crippen MR) is 79.0 cm³/mol. The predicted octanol–water partition coefficient (Wildman–Crippen LogP) is 2.57. The molecule has 1 heterocycles. The first-order valence-electron chi connectivity index (χ1n) is 6.52. The van der Waals surface area contributed by atoms with Crippen molar-refractivity contribution in [3.05, 3.63) is 65.0 Å². The van der Waals surface area contributed by atoms with Gasteiger partial charge in [-0.15, -0.1) is 0 Å². The molecular formula is C15H14F2N2O2S. The lowest BCUT2D eigenvalue weighted by atomic mass is 10.1. The fourth-order valence-corrected chi connectivity index (χ4v) is 2.60. The normalized spacial score (nSPS) is 12.0. The Morgan fingerprint density at radius 2 is 2.14 bits per heavy atom. The SMILES string of the molecule is C[C@H](NC(=O)CSc1cccc[n+]1[O-])c1ccc(F)cc1F. The molecule has 0 saturated heterocycles. The molecular weight excluding hydrogens is 310 g/mol. The summed E-state index contributed by atoms with van der Waals surface area (Å²) in [6, 6.07) is 7.52. The van der Waals surface area contributed by atoms with Gasteiger partial charge in [-0.3, -0.25) is 4.79 Å². The fraction of sp³-hybridized carbons (Fsp3) is 0.200. The van der Waals surface area contributed by atoms with E-state index in [1.165, 1.54) is 12.3 Å². The molecule has 0 aliphatic rings. The Kier molecular flexibility index (Phi) is 5.32. The zero-order chi connectivity index (χ0) is 16.1. The van der Waals surface area contributed by atoms with Gasteiger partial charge in [0.05, 0.1) is 11.8 Å². The van der Waals surface area contributed by atoms with Crippen LogP contribution in [0.3, 0.4) is 0 Å². The lowest BCUT2D eigenvalue weighted by Crippen LogP contribution is -2.31. The van der Waals surface area contributed by atoms with Gasteiger partial charge < -0.3 is 10.5 Å². The summed E-state index contributed by atoms with van der Waals surface area (Å²) in [6.45, 7) is 1.61. The van der Waals surface area contributed by atoms with Gasteiger partial charge in [0.1, 0.15) is 11.6 Å². The average Bonchev–Trinajstić information content (AvgIpc) is 2.46. The highest BCUT2D eigenvalue weighted by Gasteiger charge is 2.15. The van der Waals surface area contributed by atoms with Gasteiger partial charge >= 0.3 is 0 Å². The van der Waals surface area contributed by atoms with Crippen molar-refractivity contribution in [1.82, 2.24) is 5.32 Å². The number of benzene rings is 1. The highest BCUT2D eigenvalue weighted by molar-refractivity contribution is 7.99. The number of amides is 1. The van der Waals surface area contributed by atoms with Gasteiger partial charge in [-0.25, -0.2) is 8.78 Å². The van der Waals surface area contributed by atoms with Crippen LogP contribution in [0, 0.1) is 16.8 Å². The third-order valence-corrected chi connectivity index (χ3v) is 3.96. The zero-order valence-corrected chi connectivity index (χ0v) is 12.6. The van der Waals surface area contributed by atoms with Crippen LogP contribution in [0.1, 0.15) is 18.5 Å². The summed E-state index contributed by atoms with van der Waals surface area (Å²) in [7, 11) is 0. The monoisotopic (exact) mass is 324 g/mol. The topological polar surface area (TPSA) is 56.0 Å². The minimum absolute atomic E-state index is 0.0272. The summed E-state index contributed by atoms with van der Waals surface area (Å²) in [5, 5.41) is 14.4. The quantitative estimate of drug-likeness (QED) is 0.522. The molecule has 116 valence electrons. The van der Waals surface area contributed by atoms with E-state index in [0.717, 1.165) is 23.9 Å². The Bertz CT molecular complexity index is 682. The highest BCUT2D eigenvalue weighted by Crippen LogP contribution is 2.18. The molecule has 0 radical (unpaired) electrons. The number of hydrogen-bond donors (Lipinski definition) is 1. The first kappa shape index (κ1) is 16.2. The van der Waals surface area contributed by atoms with Crippen LogP contribution in [-0.2, 0) is 4.79 Å². The van der Waals surface area contributed by atoms with E-state index in [1.54, 1.807) is 25.1 Å². The third-order valence-electron chi connectivity index (χ3n) is 2.95. The Hall–Kier alpha value is -2.15. The second-order valence-corrected chi connectivity index (χ2v) is 5.60. The number of hydrogen-bond acceptors (Lipinski definition) is 3. The second kappa shape index (κ2) is 7.22. The minimum Gasteiger partial charge on any atom is -0.618 e. The van der Waals surface area contributed by atoms with E-state index in [0.29, 0.717) is 9.76 Å². The maximum atomic E-state index is 13.6. The molecule has 7 heteroatoms. The smallest absolute Gasteiger partial charge is 0.251 e. The number of pyridine rings is 1. The number of halogens is 2. The number of carbonyl (C=O) groups excluding carboxylic acids is 1. The standard InChI is InChI=1S/C15H14F2N2O2S/c1-10(12-6-5-11(16)8-13(12)17)18-14(20)9-22-15-4-2-3-7-19(15)21/h2-8,10H,9H2,1H3,(H,18,20)/t10-/m0/s1. The molecule has 0 spiro atoms. The molecule has 1 aromatic heterocycles. The molecule has 0 saturated carbocycles. The van der Waals surface area contributed by atoms with Gasteiger partial charge in [0.15, 0.2) is 6.20 Å². The van der Waals surface area contributed by atoms with Crippen LogP contribution in [0.15, 0.2) is 47.6 Å². The van der Waals surface area contributed by atoms with Crippen molar-refractivity contribution >= 4 is 17.7 Å². The van der Waals surface area contributed by atoms with E-state index < -0.39 is 17.7 Å². The molecule has 0 aliphatic heterocycles. The number of nitrogens with one attached hydrogen (secondary N) is 1. The molecule has 2 rings (SSSR count). The Morgan fingerprint density at radius 3 is 2.82 bits per heavy atom. The Labute approximate surface area is 130 Å². The molecule has 1 atom stereocenters. The molecule has 0 bridgehead atoms. The Balaban J connectivity index is 1.93. The lowest BCUT2D eigenvalue weighted by Gasteiger charge is -2.15. The van der Waals surface area contributed by atoms with E-state index in [4.69, 9.17) is 0 Å². The second-order valence-electron chi connectivity index (χ2n) is 4.61. The number of thioether (sulfide) groups is 1. The maximum Gasteiger partial charge on any atom is 0.251 e. The van der Waals surface area contributed by atoms with Gasteiger partial charge in [-0.2, -0.15) is 4.73 Å². The van der Waals surface area contributed by atoms with Gasteiger partial charge in [-0.05, 0) is 30.8 Å². The molecule has 2 aromatic rings. The van der Waals surface area contributed by atoms with E-state index in [-0.39, 0.29) is 17.2 Å². The van der Waals surface area contributed by atoms with Crippen LogP contribution < -0.4 is 10.0 Å². The van der Waals surface area contributed by atoms with Crippen molar-refractivity contribution in [2.75, 3.05) is 5.75 Å². The molecule has 1 amide bonds. The van der Waals surface area contributed by atoms with Gasteiger partial charge in [0.25, 0.3) is 5.03 Å². The van der Waals surface area contributed by atoms with Crippen LogP contribution in [-0.4, -0.2) is 11.7 Å². The fourth-order valence-electron chi connectivity index (χ4n) is 1.88. The summed E-state index contributed by atoms with van der Waals surface area (Å²) >= 11 is 1.08. The van der Waals surface area contributed by atoms with Crippen molar-refractivity contribution in [2.24, 2.45) is 0 Å². The summed E-state index contributed by atoms with van der Waals surface area (Å²) < 4.78 is 27.1. The molecule has 4 nitrogen and oxygen atoms in total. The van der Waals surface area contributed by atoms with Crippen LogP contribution >= 0.6 is 11.8 Å². The van der Waals surface area contributed by atoms with Gasteiger partial charge in [-0.1, -0.05) is 6.07 Å². The number of rotatable bonds is 5. The Morgan fingerprint density at radius 1 is 1.36 bits per heavy atom. The molecule has 1 N–H and O–H groups in total. The molecule has 1 aromatic carbocycles. The number of nitrogens with zero attached hydrogens (tertiary/aromatic N) is 1. The van der Waals surface area contributed by atoms with Crippen LogP contribution in [0.5, 0.6) is 0 Å². The van der Waals surface area contributed by atoms with Crippen molar-refractivity contribution in [3.63, 3.8) is 0 Å². The van der Waals surface area contributed by atoms with Crippen LogP contribution in [0.25, 0.3) is 0 Å². The van der Waals surface area contributed by atoms with E-state index in [9.17, 15) is 18.8 Å². The van der Waals surface area contributed by atoms with Crippen LogP contribution in [0.4, 0.5) is 8.78 Å². The van der Waals surface area contributed by atoms with Crippen molar-refractivity contribution < 1.29 is 18.3 Å². The summed E-state index contributed by atoms with van der Waals surface area (Å²) in [4.78, 5) is 11.8. The average molecular weight is 324 g/mol. The zero-order valence-electron chi connectivity index (χ0n) is 11.8. The van der Waals surface area contributed by atoms with Crippen LogP contribution in [0.2, 0.25) is 0 Å². The van der Waals surface area contributed by atoms with Crippen molar-refractivity contribution in [3.8, 4) is 0 Å². The summed E-state index contributed by atoms with van der Waals surface area (Å²) in [6.07, 6.45) is 1.34. The van der Waals surface area contributed by atoms with E-state index in [1.807, 2.05) is 0 Å². The van der Waals surface area contributed by atoms with Gasteiger partial charge in [0, 0.05) is 23.8 Å². The summed E-state index contributed by atoms with van der Waals surface area (Å²) in [5.41, 5.74) is 0.207. The lowest BCUT2D eigenvalue weighted by molar-refractivity contribution is -0.645. The molecule has 0 aliphatic carbocycles.